The number of methoxy groups -OCH3 is 1. The van der Waals surface area contributed by atoms with E-state index in [0.29, 0.717) is 12.3 Å². The molecule has 0 spiro atoms. The minimum Gasteiger partial charge on any atom is -0.504 e. The largest absolute Gasteiger partial charge is 0.504 e. The number of phenols is 1. The molecule has 2 aromatic rings. The Morgan fingerprint density at radius 1 is 1.50 bits per heavy atom. The van der Waals surface area contributed by atoms with Crippen LogP contribution in [0.3, 0.4) is 0 Å². The lowest BCUT2D eigenvalue weighted by molar-refractivity contribution is 0.373. The maximum absolute atomic E-state index is 9.55. The molecule has 4 nitrogen and oxygen atoms in total. The predicted molar refractivity (Wildman–Crippen MR) is 72.3 cm³/mol. The molecule has 0 amide bonds. The quantitative estimate of drug-likeness (QED) is 0.868. The maximum Gasteiger partial charge on any atom is 0.160 e. The Hall–Kier alpha value is -1.59. The first-order chi connectivity index (χ1) is 8.74. The van der Waals surface area contributed by atoms with E-state index < -0.39 is 0 Å². The van der Waals surface area contributed by atoms with Crippen LogP contribution in [0.5, 0.6) is 11.5 Å². The second-order valence-corrected chi connectivity index (χ2v) is 4.94. The number of nitrogens with two attached hydrogens (primary N) is 1. The zero-order chi connectivity index (χ0) is 13.0. The average molecular weight is 264 g/mol. The van der Waals surface area contributed by atoms with Crippen LogP contribution in [0.15, 0.2) is 29.8 Å². The van der Waals surface area contributed by atoms with Crippen LogP contribution in [0.4, 0.5) is 0 Å². The third kappa shape index (κ3) is 2.80. The van der Waals surface area contributed by atoms with Gasteiger partial charge in [0.05, 0.1) is 12.1 Å². The van der Waals surface area contributed by atoms with Crippen molar-refractivity contribution in [2.45, 2.75) is 12.3 Å². The van der Waals surface area contributed by atoms with E-state index in [1.807, 2.05) is 17.5 Å². The van der Waals surface area contributed by atoms with Gasteiger partial charge in [0.15, 0.2) is 11.5 Å². The number of hydrogen-bond donors (Lipinski definition) is 2. The van der Waals surface area contributed by atoms with E-state index >= 15 is 0 Å². The zero-order valence-corrected chi connectivity index (χ0v) is 11.0. The Morgan fingerprint density at radius 2 is 2.33 bits per heavy atom. The normalized spacial score (nSPS) is 12.3. The van der Waals surface area contributed by atoms with Crippen LogP contribution < -0.4 is 10.5 Å². The molecule has 0 fully saturated rings. The van der Waals surface area contributed by atoms with Gasteiger partial charge in [-0.3, -0.25) is 0 Å². The standard InChI is InChI=1S/C13H16N2O2S/c1-17-12-7-9(2-3-11(12)16)6-10(8-14)13-15-4-5-18-13/h2-5,7,10,16H,6,8,14H2,1H3. The summed E-state index contributed by atoms with van der Waals surface area (Å²) in [4.78, 5) is 4.30. The number of ether oxygens (including phenoxy) is 1. The number of nitrogens with zero attached hydrogens (tertiary/aromatic N) is 1. The van der Waals surface area contributed by atoms with E-state index in [2.05, 4.69) is 4.98 Å². The molecule has 0 aliphatic heterocycles. The first kappa shape index (κ1) is 12.9. The van der Waals surface area contributed by atoms with E-state index in [1.165, 1.54) is 0 Å². The molecule has 1 heterocycles. The summed E-state index contributed by atoms with van der Waals surface area (Å²) in [5.41, 5.74) is 6.88. The predicted octanol–water partition coefficient (Wildman–Crippen LogP) is 2.14. The highest BCUT2D eigenvalue weighted by atomic mass is 32.1. The molecule has 3 N–H and O–H groups in total. The summed E-state index contributed by atoms with van der Waals surface area (Å²) in [7, 11) is 1.54. The first-order valence-electron chi connectivity index (χ1n) is 5.70. The zero-order valence-electron chi connectivity index (χ0n) is 10.2. The maximum atomic E-state index is 9.55. The molecular weight excluding hydrogens is 248 g/mol. The molecule has 0 radical (unpaired) electrons. The van der Waals surface area contributed by atoms with E-state index in [1.54, 1.807) is 30.7 Å². The monoisotopic (exact) mass is 264 g/mol. The van der Waals surface area contributed by atoms with Crippen LogP contribution in [-0.4, -0.2) is 23.7 Å². The molecule has 96 valence electrons. The van der Waals surface area contributed by atoms with Crippen molar-refractivity contribution in [1.82, 2.24) is 4.98 Å². The van der Waals surface area contributed by atoms with Gasteiger partial charge >= 0.3 is 0 Å². The Morgan fingerprint density at radius 3 is 2.94 bits per heavy atom. The highest BCUT2D eigenvalue weighted by Gasteiger charge is 2.14. The summed E-state index contributed by atoms with van der Waals surface area (Å²) in [6.45, 7) is 0.552. The van der Waals surface area contributed by atoms with Crippen molar-refractivity contribution in [3.63, 3.8) is 0 Å². The summed E-state index contributed by atoms with van der Waals surface area (Å²) in [5.74, 6) is 0.849. The smallest absolute Gasteiger partial charge is 0.160 e. The van der Waals surface area contributed by atoms with Gasteiger partial charge < -0.3 is 15.6 Å². The molecule has 18 heavy (non-hydrogen) atoms. The number of thiazole rings is 1. The van der Waals surface area contributed by atoms with Gasteiger partial charge in [-0.25, -0.2) is 4.98 Å². The molecule has 0 saturated heterocycles. The second kappa shape index (κ2) is 5.84. The molecule has 5 heteroatoms. The first-order valence-corrected chi connectivity index (χ1v) is 6.58. The van der Waals surface area contributed by atoms with Gasteiger partial charge in [0.2, 0.25) is 0 Å². The van der Waals surface area contributed by atoms with Crippen molar-refractivity contribution in [2.75, 3.05) is 13.7 Å². The Balaban J connectivity index is 2.17. The Bertz CT molecular complexity index is 500. The highest BCUT2D eigenvalue weighted by molar-refractivity contribution is 7.09. The third-order valence-corrected chi connectivity index (χ3v) is 3.75. The molecule has 0 aliphatic rings. The van der Waals surface area contributed by atoms with Crippen molar-refractivity contribution in [2.24, 2.45) is 5.73 Å². The SMILES string of the molecule is COc1cc(CC(CN)c2nccs2)ccc1O. The van der Waals surface area contributed by atoms with Gasteiger partial charge in [0.1, 0.15) is 0 Å². The van der Waals surface area contributed by atoms with Gasteiger partial charge in [-0.2, -0.15) is 0 Å². The minimum atomic E-state index is 0.153. The highest BCUT2D eigenvalue weighted by Crippen LogP contribution is 2.29. The van der Waals surface area contributed by atoms with Gasteiger partial charge in [-0.1, -0.05) is 6.07 Å². The van der Waals surface area contributed by atoms with Crippen molar-refractivity contribution in [3.05, 3.63) is 40.3 Å². The number of benzene rings is 1. The molecular formula is C13H16N2O2S. The molecule has 1 unspecified atom stereocenters. The van der Waals surface area contributed by atoms with E-state index in [0.717, 1.165) is 17.0 Å². The number of hydrogen-bond acceptors (Lipinski definition) is 5. The fourth-order valence-corrected chi connectivity index (χ4v) is 2.60. The molecule has 0 aliphatic carbocycles. The second-order valence-electron chi connectivity index (χ2n) is 4.01. The fraction of sp³-hybridized carbons (Fsp3) is 0.308. The lowest BCUT2D eigenvalue weighted by Crippen LogP contribution is -2.14. The summed E-state index contributed by atoms with van der Waals surface area (Å²) in [6, 6.07) is 5.36. The number of phenolic OH excluding ortho intramolecular Hbond substituents is 1. The minimum absolute atomic E-state index is 0.153. The third-order valence-electron chi connectivity index (χ3n) is 2.81. The van der Waals surface area contributed by atoms with Crippen molar-refractivity contribution in [1.29, 1.82) is 0 Å². The molecule has 1 aromatic carbocycles. The van der Waals surface area contributed by atoms with E-state index in [9.17, 15) is 5.11 Å². The van der Waals surface area contributed by atoms with Crippen molar-refractivity contribution >= 4 is 11.3 Å². The van der Waals surface area contributed by atoms with Gasteiger partial charge in [-0.15, -0.1) is 11.3 Å². The lowest BCUT2D eigenvalue weighted by atomic mass is 9.99. The fourth-order valence-electron chi connectivity index (χ4n) is 1.84. The van der Waals surface area contributed by atoms with Gasteiger partial charge in [0, 0.05) is 24.0 Å². The molecule has 1 aromatic heterocycles. The van der Waals surface area contributed by atoms with Crippen LogP contribution >= 0.6 is 11.3 Å². The van der Waals surface area contributed by atoms with Crippen molar-refractivity contribution in [3.8, 4) is 11.5 Å². The van der Waals surface area contributed by atoms with Crippen LogP contribution in [0.25, 0.3) is 0 Å². The molecule has 2 rings (SSSR count). The van der Waals surface area contributed by atoms with Crippen LogP contribution in [-0.2, 0) is 6.42 Å². The van der Waals surface area contributed by atoms with Crippen LogP contribution in [0.1, 0.15) is 16.5 Å². The van der Waals surface area contributed by atoms with Crippen LogP contribution in [0, 0.1) is 0 Å². The molecule has 0 bridgehead atoms. The molecule has 1 atom stereocenters. The summed E-state index contributed by atoms with van der Waals surface area (Å²) < 4.78 is 5.10. The lowest BCUT2D eigenvalue weighted by Gasteiger charge is -2.13. The average Bonchev–Trinajstić information content (AvgIpc) is 2.91. The summed E-state index contributed by atoms with van der Waals surface area (Å²) in [6.07, 6.45) is 2.58. The number of aromatic nitrogens is 1. The van der Waals surface area contributed by atoms with Gasteiger partial charge in [-0.05, 0) is 24.1 Å². The van der Waals surface area contributed by atoms with Crippen molar-refractivity contribution < 1.29 is 9.84 Å². The van der Waals surface area contributed by atoms with E-state index in [4.69, 9.17) is 10.5 Å². The Kier molecular flexibility index (Phi) is 4.17. The number of rotatable bonds is 5. The summed E-state index contributed by atoms with van der Waals surface area (Å²) in [5, 5.41) is 12.5. The van der Waals surface area contributed by atoms with E-state index in [-0.39, 0.29) is 11.7 Å². The van der Waals surface area contributed by atoms with Crippen LogP contribution in [0.2, 0.25) is 0 Å². The number of aromatic hydroxyl groups is 1. The summed E-state index contributed by atoms with van der Waals surface area (Å²) >= 11 is 1.62. The van der Waals surface area contributed by atoms with Gasteiger partial charge in [0.25, 0.3) is 0 Å². The Labute approximate surface area is 110 Å². The topological polar surface area (TPSA) is 68.4 Å². The molecule has 0 saturated carbocycles.